The maximum atomic E-state index is 10.9. The Bertz CT molecular complexity index is 555. The van der Waals surface area contributed by atoms with Crippen LogP contribution in [0, 0.1) is 0 Å². The Kier molecular flexibility index (Phi) is 4.15. The lowest BCUT2D eigenvalue weighted by Gasteiger charge is -2.12. The van der Waals surface area contributed by atoms with Gasteiger partial charge < -0.3 is 16.2 Å². The fourth-order valence-corrected chi connectivity index (χ4v) is 1.77. The number of rotatable bonds is 5. The van der Waals surface area contributed by atoms with Crippen LogP contribution in [0.4, 0.5) is 0 Å². The number of hydrogen-bond donors (Lipinski definition) is 2. The van der Waals surface area contributed by atoms with E-state index in [2.05, 4.69) is 0 Å². The Labute approximate surface area is 112 Å². The molecule has 4 nitrogen and oxygen atoms in total. The number of primary amides is 1. The van der Waals surface area contributed by atoms with Crippen molar-refractivity contribution in [3.8, 4) is 11.5 Å². The van der Waals surface area contributed by atoms with Gasteiger partial charge in [-0.05, 0) is 29.8 Å². The van der Waals surface area contributed by atoms with E-state index in [9.17, 15) is 4.79 Å². The number of hydrogen-bond acceptors (Lipinski definition) is 3. The summed E-state index contributed by atoms with van der Waals surface area (Å²) in [6, 6.07) is 16.4. The Morgan fingerprint density at radius 2 is 1.74 bits per heavy atom. The molecule has 0 aliphatic rings. The number of ether oxygens (including phenoxy) is 1. The summed E-state index contributed by atoms with van der Waals surface area (Å²) in [6.45, 7) is 0. The van der Waals surface area contributed by atoms with Gasteiger partial charge >= 0.3 is 0 Å². The molecule has 2 rings (SSSR count). The molecule has 0 saturated carbocycles. The van der Waals surface area contributed by atoms with Gasteiger partial charge in [-0.2, -0.15) is 0 Å². The number of nitrogens with two attached hydrogens (primary N) is 2. The zero-order valence-corrected chi connectivity index (χ0v) is 10.5. The molecule has 0 aromatic heterocycles. The molecule has 2 aromatic rings. The molecule has 0 heterocycles. The molecule has 4 N–H and O–H groups in total. The normalized spacial score (nSPS) is 11.8. The van der Waals surface area contributed by atoms with Crippen LogP contribution in [0.3, 0.4) is 0 Å². The number of para-hydroxylation sites is 1. The molecule has 4 heteroatoms. The van der Waals surface area contributed by atoms with Crippen LogP contribution >= 0.6 is 0 Å². The van der Waals surface area contributed by atoms with Gasteiger partial charge in [0.2, 0.25) is 5.91 Å². The van der Waals surface area contributed by atoms with E-state index in [0.29, 0.717) is 5.75 Å². The second-order valence-electron chi connectivity index (χ2n) is 4.26. The zero-order chi connectivity index (χ0) is 13.7. The van der Waals surface area contributed by atoms with Crippen molar-refractivity contribution in [3.05, 3.63) is 60.2 Å². The molecule has 0 aliphatic heterocycles. The highest BCUT2D eigenvalue weighted by atomic mass is 16.5. The molecule has 0 spiro atoms. The van der Waals surface area contributed by atoms with Gasteiger partial charge in [0, 0.05) is 12.5 Å². The van der Waals surface area contributed by atoms with Gasteiger partial charge in [0.1, 0.15) is 11.5 Å². The fourth-order valence-electron chi connectivity index (χ4n) is 1.77. The van der Waals surface area contributed by atoms with Gasteiger partial charge in [-0.15, -0.1) is 0 Å². The number of carbonyl (C=O) groups excluding carboxylic acids is 1. The van der Waals surface area contributed by atoms with Crippen molar-refractivity contribution in [1.29, 1.82) is 0 Å². The number of benzene rings is 2. The van der Waals surface area contributed by atoms with E-state index in [0.717, 1.165) is 11.3 Å². The van der Waals surface area contributed by atoms with Crippen molar-refractivity contribution in [2.45, 2.75) is 12.5 Å². The first-order valence-electron chi connectivity index (χ1n) is 6.02. The lowest BCUT2D eigenvalue weighted by atomic mass is 10.0. The molecule has 19 heavy (non-hydrogen) atoms. The summed E-state index contributed by atoms with van der Waals surface area (Å²) in [5.74, 6) is 1.02. The third kappa shape index (κ3) is 3.82. The topological polar surface area (TPSA) is 78.3 Å². The molecular formula is C15H16N2O2. The van der Waals surface area contributed by atoms with Gasteiger partial charge in [0.25, 0.3) is 0 Å². The molecule has 1 amide bonds. The maximum Gasteiger partial charge on any atom is 0.219 e. The summed E-state index contributed by atoms with van der Waals surface area (Å²) in [4.78, 5) is 10.9. The minimum Gasteiger partial charge on any atom is -0.457 e. The van der Waals surface area contributed by atoms with Crippen molar-refractivity contribution in [3.63, 3.8) is 0 Å². The predicted octanol–water partition coefficient (Wildman–Crippen LogP) is 2.35. The lowest BCUT2D eigenvalue weighted by Crippen LogP contribution is -2.20. The second-order valence-corrected chi connectivity index (χ2v) is 4.26. The van der Waals surface area contributed by atoms with Crippen molar-refractivity contribution in [2.24, 2.45) is 11.5 Å². The molecule has 0 radical (unpaired) electrons. The molecular weight excluding hydrogens is 240 g/mol. The molecule has 2 aromatic carbocycles. The molecule has 98 valence electrons. The minimum absolute atomic E-state index is 0.120. The molecule has 0 aliphatic carbocycles. The van der Waals surface area contributed by atoms with Crippen LogP contribution < -0.4 is 16.2 Å². The monoisotopic (exact) mass is 256 g/mol. The average Bonchev–Trinajstić information content (AvgIpc) is 2.39. The van der Waals surface area contributed by atoms with Crippen LogP contribution in [0.5, 0.6) is 11.5 Å². The van der Waals surface area contributed by atoms with Crippen LogP contribution in [-0.4, -0.2) is 5.91 Å². The summed E-state index contributed by atoms with van der Waals surface area (Å²) >= 11 is 0. The highest BCUT2D eigenvalue weighted by molar-refractivity contribution is 5.74. The third-order valence-electron chi connectivity index (χ3n) is 2.69. The molecule has 1 atom stereocenters. The van der Waals surface area contributed by atoms with Gasteiger partial charge in [-0.3, -0.25) is 4.79 Å². The quantitative estimate of drug-likeness (QED) is 0.861. The van der Waals surface area contributed by atoms with Gasteiger partial charge in [0.05, 0.1) is 0 Å². The van der Waals surface area contributed by atoms with Crippen molar-refractivity contribution in [1.82, 2.24) is 0 Å². The van der Waals surface area contributed by atoms with Crippen LogP contribution in [-0.2, 0) is 4.79 Å². The molecule has 0 unspecified atom stereocenters. The van der Waals surface area contributed by atoms with Crippen LogP contribution in [0.25, 0.3) is 0 Å². The SMILES string of the molecule is NC(=O)C[C@@H](N)c1cccc(Oc2ccccc2)c1. The number of carbonyl (C=O) groups is 1. The lowest BCUT2D eigenvalue weighted by molar-refractivity contribution is -0.118. The highest BCUT2D eigenvalue weighted by Crippen LogP contribution is 2.24. The first-order chi connectivity index (χ1) is 9.15. The molecule has 0 saturated heterocycles. The smallest absolute Gasteiger partial charge is 0.219 e. The minimum atomic E-state index is -0.415. The zero-order valence-electron chi connectivity index (χ0n) is 10.5. The first-order valence-corrected chi connectivity index (χ1v) is 6.02. The Hall–Kier alpha value is -2.33. The standard InChI is InChI=1S/C15H16N2O2/c16-14(10-15(17)18)11-5-4-8-13(9-11)19-12-6-2-1-3-7-12/h1-9,14H,10,16H2,(H2,17,18)/t14-/m1/s1. The Balaban J connectivity index is 2.13. The second kappa shape index (κ2) is 6.02. The van der Waals surface area contributed by atoms with E-state index in [-0.39, 0.29) is 6.42 Å². The van der Waals surface area contributed by atoms with Crippen LogP contribution in [0.15, 0.2) is 54.6 Å². The van der Waals surface area contributed by atoms with Crippen molar-refractivity contribution < 1.29 is 9.53 Å². The van der Waals surface area contributed by atoms with E-state index in [1.165, 1.54) is 0 Å². The Morgan fingerprint density at radius 3 is 2.42 bits per heavy atom. The van der Waals surface area contributed by atoms with E-state index in [1.54, 1.807) is 0 Å². The predicted molar refractivity (Wildman–Crippen MR) is 73.7 cm³/mol. The van der Waals surface area contributed by atoms with Crippen molar-refractivity contribution >= 4 is 5.91 Å². The summed E-state index contributed by atoms with van der Waals surface area (Å²) in [7, 11) is 0. The van der Waals surface area contributed by atoms with Gasteiger partial charge in [-0.1, -0.05) is 30.3 Å². The van der Waals surface area contributed by atoms with Crippen molar-refractivity contribution in [2.75, 3.05) is 0 Å². The van der Waals surface area contributed by atoms with Crippen LogP contribution in [0.2, 0.25) is 0 Å². The number of amides is 1. The Morgan fingerprint density at radius 1 is 1.05 bits per heavy atom. The maximum absolute atomic E-state index is 10.9. The third-order valence-corrected chi connectivity index (χ3v) is 2.69. The average molecular weight is 256 g/mol. The molecule has 0 bridgehead atoms. The van der Waals surface area contributed by atoms with E-state index >= 15 is 0 Å². The fraction of sp³-hybridized carbons (Fsp3) is 0.133. The summed E-state index contributed by atoms with van der Waals surface area (Å²) in [6.07, 6.45) is 0.120. The van der Waals surface area contributed by atoms with Gasteiger partial charge in [0.15, 0.2) is 0 Å². The van der Waals surface area contributed by atoms with E-state index in [1.807, 2.05) is 54.6 Å². The van der Waals surface area contributed by atoms with E-state index in [4.69, 9.17) is 16.2 Å². The van der Waals surface area contributed by atoms with E-state index < -0.39 is 11.9 Å². The largest absolute Gasteiger partial charge is 0.457 e. The first kappa shape index (κ1) is 13.1. The van der Waals surface area contributed by atoms with Gasteiger partial charge in [-0.25, -0.2) is 0 Å². The molecule has 0 fully saturated rings. The summed E-state index contributed by atoms with van der Waals surface area (Å²) < 4.78 is 5.70. The highest BCUT2D eigenvalue weighted by Gasteiger charge is 2.10. The summed E-state index contributed by atoms with van der Waals surface area (Å²) in [5, 5.41) is 0. The van der Waals surface area contributed by atoms with Crippen LogP contribution in [0.1, 0.15) is 18.0 Å². The summed E-state index contributed by atoms with van der Waals surface area (Å²) in [5.41, 5.74) is 11.9.